The van der Waals surface area contributed by atoms with Gasteiger partial charge in [-0.05, 0) is 31.1 Å². The van der Waals surface area contributed by atoms with Crippen LogP contribution in [0.1, 0.15) is 155 Å². The van der Waals surface area contributed by atoms with Gasteiger partial charge in [-0.1, -0.05) is 162 Å². The highest BCUT2D eigenvalue weighted by atomic mass is 14.1. The van der Waals surface area contributed by atoms with Crippen LogP contribution in [0.5, 0.6) is 0 Å². The molecule has 0 nitrogen and oxygen atoms in total. The quantitative estimate of drug-likeness (QED) is 0.108. The van der Waals surface area contributed by atoms with E-state index in [-0.39, 0.29) is 0 Å². The van der Waals surface area contributed by atoms with E-state index in [1.807, 2.05) is 0 Å². The van der Waals surface area contributed by atoms with Gasteiger partial charge >= 0.3 is 0 Å². The van der Waals surface area contributed by atoms with Crippen LogP contribution in [0.2, 0.25) is 0 Å². The lowest BCUT2D eigenvalue weighted by Crippen LogP contribution is -1.95. The van der Waals surface area contributed by atoms with Crippen LogP contribution in [0.25, 0.3) is 0 Å². The van der Waals surface area contributed by atoms with Gasteiger partial charge in [-0.2, -0.15) is 0 Å². The molecule has 0 aliphatic rings. The topological polar surface area (TPSA) is 0 Å². The van der Waals surface area contributed by atoms with Gasteiger partial charge in [0.05, 0.1) is 0 Å². The monoisotopic (exact) mass is 418 g/mol. The minimum Gasteiger partial charge on any atom is -0.0883 e. The molecule has 0 bridgehead atoms. The zero-order valence-corrected chi connectivity index (χ0v) is 21.3. The third-order valence-corrected chi connectivity index (χ3v) is 6.64. The third kappa shape index (κ3) is 24.0. The van der Waals surface area contributed by atoms with Gasteiger partial charge in [0.2, 0.25) is 0 Å². The maximum absolute atomic E-state index is 3.92. The fourth-order valence-electron chi connectivity index (χ4n) is 4.40. The summed E-state index contributed by atoms with van der Waals surface area (Å²) in [5.74, 6) is 1.70. The van der Waals surface area contributed by atoms with Crippen molar-refractivity contribution in [2.45, 2.75) is 155 Å². The molecule has 2 atom stereocenters. The molecule has 0 aromatic heterocycles. The second-order valence-corrected chi connectivity index (χ2v) is 10.0. The van der Waals surface area contributed by atoms with Crippen molar-refractivity contribution < 1.29 is 0 Å². The minimum atomic E-state index is 0.769. The molecule has 0 aliphatic carbocycles. The van der Waals surface area contributed by atoms with Crippen LogP contribution < -0.4 is 0 Å². The van der Waals surface area contributed by atoms with Gasteiger partial charge in [0.1, 0.15) is 0 Å². The number of rotatable bonds is 24. The highest BCUT2D eigenvalue weighted by Gasteiger charge is 2.02. The van der Waals surface area contributed by atoms with Crippen molar-refractivity contribution in [1.29, 1.82) is 0 Å². The SMILES string of the molecule is [CH2]CCCCCCCCCCCC(C)CCCCC=CC(C)CCCCCCC[CH2]. The van der Waals surface area contributed by atoms with Crippen LogP contribution >= 0.6 is 0 Å². The molecule has 0 heterocycles. The minimum absolute atomic E-state index is 0.769. The van der Waals surface area contributed by atoms with E-state index in [9.17, 15) is 0 Å². The molecular weight excluding hydrogens is 360 g/mol. The van der Waals surface area contributed by atoms with Crippen molar-refractivity contribution in [3.63, 3.8) is 0 Å². The summed E-state index contributed by atoms with van der Waals surface area (Å²) in [7, 11) is 0. The summed E-state index contributed by atoms with van der Waals surface area (Å²) >= 11 is 0. The van der Waals surface area contributed by atoms with E-state index in [1.54, 1.807) is 0 Å². The van der Waals surface area contributed by atoms with Gasteiger partial charge in [-0.3, -0.25) is 0 Å². The average molecular weight is 419 g/mol. The first-order valence-electron chi connectivity index (χ1n) is 14.0. The number of allylic oxidation sites excluding steroid dienone is 2. The Kier molecular flexibility index (Phi) is 24.8. The van der Waals surface area contributed by atoms with Crippen LogP contribution in [0.4, 0.5) is 0 Å². The van der Waals surface area contributed by atoms with Gasteiger partial charge in [0, 0.05) is 0 Å². The summed E-state index contributed by atoms with van der Waals surface area (Å²) in [4.78, 5) is 0. The highest BCUT2D eigenvalue weighted by molar-refractivity contribution is 4.86. The Morgan fingerprint density at radius 2 is 0.900 bits per heavy atom. The zero-order chi connectivity index (χ0) is 22.1. The molecule has 30 heavy (non-hydrogen) atoms. The molecule has 0 aromatic carbocycles. The molecule has 0 fully saturated rings. The zero-order valence-electron chi connectivity index (χ0n) is 21.3. The van der Waals surface area contributed by atoms with Crippen LogP contribution in [-0.2, 0) is 0 Å². The molecular formula is C30H58. The molecule has 0 spiro atoms. The summed E-state index contributed by atoms with van der Waals surface area (Å²) in [5, 5.41) is 0. The molecule has 0 saturated carbocycles. The van der Waals surface area contributed by atoms with Crippen LogP contribution in [-0.4, -0.2) is 0 Å². The summed E-state index contributed by atoms with van der Waals surface area (Å²) in [6.07, 6.45) is 35.3. The lowest BCUT2D eigenvalue weighted by atomic mass is 9.96. The molecule has 2 unspecified atom stereocenters. The molecule has 0 aromatic rings. The van der Waals surface area contributed by atoms with Crippen molar-refractivity contribution in [2.75, 3.05) is 0 Å². The Morgan fingerprint density at radius 1 is 0.500 bits per heavy atom. The van der Waals surface area contributed by atoms with Crippen molar-refractivity contribution in [3.8, 4) is 0 Å². The normalized spacial score (nSPS) is 13.9. The van der Waals surface area contributed by atoms with E-state index in [0.717, 1.165) is 24.7 Å². The molecule has 0 aliphatic heterocycles. The number of unbranched alkanes of at least 4 members (excludes halogenated alkanes) is 16. The Hall–Kier alpha value is -0.260. The molecule has 2 radical (unpaired) electrons. The predicted molar refractivity (Wildman–Crippen MR) is 140 cm³/mol. The van der Waals surface area contributed by atoms with Gasteiger partial charge in [0.25, 0.3) is 0 Å². The fourth-order valence-corrected chi connectivity index (χ4v) is 4.40. The predicted octanol–water partition coefficient (Wildman–Crippen LogP) is 11.1. The van der Waals surface area contributed by atoms with E-state index in [0.29, 0.717) is 0 Å². The summed E-state index contributed by atoms with van der Waals surface area (Å²) in [6.45, 7) is 12.7. The second-order valence-electron chi connectivity index (χ2n) is 10.0. The van der Waals surface area contributed by atoms with E-state index < -0.39 is 0 Å². The maximum Gasteiger partial charge on any atom is -0.0262 e. The second kappa shape index (κ2) is 25.0. The van der Waals surface area contributed by atoms with Crippen molar-refractivity contribution >= 4 is 0 Å². The lowest BCUT2D eigenvalue weighted by molar-refractivity contribution is 0.437. The first-order valence-corrected chi connectivity index (χ1v) is 14.0. The number of hydrogen-bond donors (Lipinski definition) is 0. The molecule has 0 saturated heterocycles. The summed E-state index contributed by atoms with van der Waals surface area (Å²) in [5.41, 5.74) is 0. The third-order valence-electron chi connectivity index (χ3n) is 6.64. The Bertz CT molecular complexity index is 329. The van der Waals surface area contributed by atoms with Gasteiger partial charge in [-0.25, -0.2) is 0 Å². The Morgan fingerprint density at radius 3 is 1.40 bits per heavy atom. The summed E-state index contributed by atoms with van der Waals surface area (Å²) in [6, 6.07) is 0. The van der Waals surface area contributed by atoms with Crippen molar-refractivity contribution in [3.05, 3.63) is 26.0 Å². The molecule has 0 heteroatoms. The van der Waals surface area contributed by atoms with E-state index >= 15 is 0 Å². The first kappa shape index (κ1) is 29.7. The van der Waals surface area contributed by atoms with E-state index in [4.69, 9.17) is 0 Å². The standard InChI is InChI=1S/C30H58/c1-5-7-9-11-13-14-15-16-18-22-26-30(4)28-24-20-19-23-27-29(3)25-21-17-12-10-8-6-2/h23,27,29-30H,1-2,5-22,24-26,28H2,3-4H3. The van der Waals surface area contributed by atoms with Gasteiger partial charge < -0.3 is 0 Å². The van der Waals surface area contributed by atoms with Crippen molar-refractivity contribution in [2.24, 2.45) is 11.8 Å². The average Bonchev–Trinajstić information content (AvgIpc) is 2.74. The van der Waals surface area contributed by atoms with Gasteiger partial charge in [-0.15, -0.1) is 0 Å². The van der Waals surface area contributed by atoms with Crippen LogP contribution in [0, 0.1) is 25.7 Å². The lowest BCUT2D eigenvalue weighted by Gasteiger charge is -2.11. The van der Waals surface area contributed by atoms with E-state index in [1.165, 1.54) is 128 Å². The molecule has 0 rings (SSSR count). The van der Waals surface area contributed by atoms with E-state index in [2.05, 4.69) is 39.8 Å². The molecule has 0 amide bonds. The highest BCUT2D eigenvalue weighted by Crippen LogP contribution is 2.19. The maximum atomic E-state index is 3.92. The largest absolute Gasteiger partial charge is 0.0883 e. The first-order chi connectivity index (χ1) is 14.7. The Labute approximate surface area is 193 Å². The fraction of sp³-hybridized carbons (Fsp3) is 0.867. The number of hydrogen-bond acceptors (Lipinski definition) is 0. The summed E-state index contributed by atoms with van der Waals surface area (Å²) < 4.78 is 0. The van der Waals surface area contributed by atoms with Gasteiger partial charge in [0.15, 0.2) is 0 Å². The van der Waals surface area contributed by atoms with Crippen LogP contribution in [0.15, 0.2) is 12.2 Å². The Balaban J connectivity index is 3.34. The van der Waals surface area contributed by atoms with Crippen molar-refractivity contribution in [1.82, 2.24) is 0 Å². The molecule has 0 N–H and O–H groups in total. The smallest absolute Gasteiger partial charge is 0.0262 e. The molecule has 178 valence electrons. The van der Waals surface area contributed by atoms with Crippen LogP contribution in [0.3, 0.4) is 0 Å².